The van der Waals surface area contributed by atoms with Crippen LogP contribution in [0.5, 0.6) is 11.5 Å². The average Bonchev–Trinajstić information content (AvgIpc) is 2.50. The molecule has 0 aliphatic rings. The summed E-state index contributed by atoms with van der Waals surface area (Å²) in [5.41, 5.74) is 1.07. The molecule has 2 heterocycles. The van der Waals surface area contributed by atoms with E-state index in [1.165, 1.54) is 24.3 Å². The lowest BCUT2D eigenvalue weighted by Gasteiger charge is -2.11. The molecule has 114 valence electrons. The second-order valence-electron chi connectivity index (χ2n) is 5.39. The predicted molar refractivity (Wildman–Crippen MR) is 85.8 cm³/mol. The molecule has 0 bridgehead atoms. The first kappa shape index (κ1) is 13.5. The van der Waals surface area contributed by atoms with E-state index >= 15 is 0 Å². The molecule has 4 aromatic rings. The second kappa shape index (κ2) is 4.64. The van der Waals surface area contributed by atoms with Crippen LogP contribution in [-0.2, 0) is 0 Å². The lowest BCUT2D eigenvalue weighted by atomic mass is 10.1. The Bertz CT molecular complexity index is 1100. The molecule has 0 amide bonds. The maximum Gasteiger partial charge on any atom is 0.186 e. The fourth-order valence-electron chi connectivity index (χ4n) is 2.75. The molecule has 0 spiro atoms. The monoisotopic (exact) mass is 308 g/mol. The number of hydrogen-bond donors (Lipinski definition) is 2. The van der Waals surface area contributed by atoms with Gasteiger partial charge in [0.15, 0.2) is 16.9 Å². The highest BCUT2D eigenvalue weighted by molar-refractivity contribution is 6.09. The SMILES string of the molecule is Cc1cc2c(O)c(-c3ccc(O)cc3)oc3cc(=O)cc(o1)c32. The van der Waals surface area contributed by atoms with E-state index in [4.69, 9.17) is 8.83 Å². The highest BCUT2D eigenvalue weighted by atomic mass is 16.4. The number of aryl methyl sites for hydroxylation is 1. The fraction of sp³-hybridized carbons (Fsp3) is 0.0556. The Balaban J connectivity index is 2.17. The summed E-state index contributed by atoms with van der Waals surface area (Å²) in [6, 6.07) is 10.7. The van der Waals surface area contributed by atoms with Crippen molar-refractivity contribution in [3.8, 4) is 22.8 Å². The zero-order valence-corrected chi connectivity index (χ0v) is 12.2. The normalized spacial score (nSPS) is 11.3. The van der Waals surface area contributed by atoms with E-state index in [2.05, 4.69) is 0 Å². The molecule has 5 heteroatoms. The van der Waals surface area contributed by atoms with Crippen molar-refractivity contribution < 1.29 is 19.0 Å². The Morgan fingerprint density at radius 2 is 1.57 bits per heavy atom. The minimum atomic E-state index is -0.237. The first-order chi connectivity index (χ1) is 11.0. The van der Waals surface area contributed by atoms with Crippen molar-refractivity contribution in [2.45, 2.75) is 6.92 Å². The first-order valence-electron chi connectivity index (χ1n) is 7.02. The highest BCUT2D eigenvalue weighted by Crippen LogP contribution is 2.41. The smallest absolute Gasteiger partial charge is 0.186 e. The van der Waals surface area contributed by atoms with E-state index in [0.717, 1.165) is 0 Å². The summed E-state index contributed by atoms with van der Waals surface area (Å²) in [6.07, 6.45) is 0. The van der Waals surface area contributed by atoms with Crippen LogP contribution in [0.3, 0.4) is 0 Å². The summed E-state index contributed by atoms with van der Waals surface area (Å²) in [5.74, 6) is 0.881. The van der Waals surface area contributed by atoms with Crippen molar-refractivity contribution in [3.05, 3.63) is 58.4 Å². The number of phenolic OH excluding ortho intramolecular Hbond substituents is 1. The zero-order valence-electron chi connectivity index (χ0n) is 12.2. The molecular formula is C18H12O5. The van der Waals surface area contributed by atoms with E-state index in [-0.39, 0.29) is 22.7 Å². The van der Waals surface area contributed by atoms with Crippen molar-refractivity contribution in [3.63, 3.8) is 0 Å². The van der Waals surface area contributed by atoms with Crippen molar-refractivity contribution in [2.75, 3.05) is 0 Å². The highest BCUT2D eigenvalue weighted by Gasteiger charge is 2.18. The molecule has 23 heavy (non-hydrogen) atoms. The van der Waals surface area contributed by atoms with Gasteiger partial charge >= 0.3 is 0 Å². The standard InChI is InChI=1S/C18H12O5/c1-9-6-13-16-14(22-9)7-12(20)8-15(16)23-18(17(13)21)10-2-4-11(19)5-3-10/h2-8,19,21H,1H3. The van der Waals surface area contributed by atoms with Crippen LogP contribution in [0.15, 0.2) is 56.1 Å². The van der Waals surface area contributed by atoms with Gasteiger partial charge in [0.05, 0.1) is 5.39 Å². The molecule has 0 fully saturated rings. The maximum absolute atomic E-state index is 11.8. The van der Waals surface area contributed by atoms with Crippen LogP contribution in [0.2, 0.25) is 0 Å². The average molecular weight is 308 g/mol. The Labute approximate surface area is 130 Å². The van der Waals surface area contributed by atoms with Crippen molar-refractivity contribution in [1.29, 1.82) is 0 Å². The Morgan fingerprint density at radius 1 is 0.913 bits per heavy atom. The third-order valence-corrected chi connectivity index (χ3v) is 3.74. The van der Waals surface area contributed by atoms with Gasteiger partial charge in [-0.15, -0.1) is 0 Å². The molecule has 2 aromatic carbocycles. The van der Waals surface area contributed by atoms with Gasteiger partial charge in [0.25, 0.3) is 0 Å². The number of phenols is 1. The van der Waals surface area contributed by atoms with Crippen LogP contribution in [0, 0.1) is 6.92 Å². The van der Waals surface area contributed by atoms with Gasteiger partial charge < -0.3 is 19.0 Å². The van der Waals surface area contributed by atoms with Gasteiger partial charge in [0, 0.05) is 23.1 Å². The number of hydrogen-bond acceptors (Lipinski definition) is 5. The largest absolute Gasteiger partial charge is 0.508 e. The van der Waals surface area contributed by atoms with Gasteiger partial charge in [-0.3, -0.25) is 4.79 Å². The lowest BCUT2D eigenvalue weighted by molar-refractivity contribution is 0.458. The van der Waals surface area contributed by atoms with Gasteiger partial charge in [0.2, 0.25) is 0 Å². The summed E-state index contributed by atoms with van der Waals surface area (Å²) >= 11 is 0. The number of rotatable bonds is 1. The molecule has 5 nitrogen and oxygen atoms in total. The van der Waals surface area contributed by atoms with E-state index in [1.54, 1.807) is 25.1 Å². The first-order valence-corrected chi connectivity index (χ1v) is 7.02. The predicted octanol–water partition coefficient (Wildman–Crippen LogP) is 3.93. The summed E-state index contributed by atoms with van der Waals surface area (Å²) in [5, 5.41) is 21.1. The van der Waals surface area contributed by atoms with Gasteiger partial charge in [-0.05, 0) is 37.3 Å². The van der Waals surface area contributed by atoms with Crippen LogP contribution in [-0.4, -0.2) is 10.2 Å². The number of benzene rings is 2. The van der Waals surface area contributed by atoms with Gasteiger partial charge in [0.1, 0.15) is 22.7 Å². The summed E-state index contributed by atoms with van der Waals surface area (Å²) in [6.45, 7) is 1.75. The van der Waals surface area contributed by atoms with Crippen LogP contribution < -0.4 is 5.43 Å². The Morgan fingerprint density at radius 3 is 2.26 bits per heavy atom. The minimum absolute atomic E-state index is 0.0364. The lowest BCUT2D eigenvalue weighted by Crippen LogP contribution is -1.97. The molecule has 0 unspecified atom stereocenters. The maximum atomic E-state index is 11.8. The summed E-state index contributed by atoms with van der Waals surface area (Å²) in [7, 11) is 0. The topological polar surface area (TPSA) is 83.8 Å². The van der Waals surface area contributed by atoms with Gasteiger partial charge in [-0.2, -0.15) is 0 Å². The molecule has 0 aliphatic heterocycles. The minimum Gasteiger partial charge on any atom is -0.508 e. The molecule has 2 N–H and O–H groups in total. The van der Waals surface area contributed by atoms with Crippen LogP contribution in [0.1, 0.15) is 5.76 Å². The third-order valence-electron chi connectivity index (χ3n) is 3.74. The molecule has 0 atom stereocenters. The molecular weight excluding hydrogens is 296 g/mol. The van der Waals surface area contributed by atoms with Crippen LogP contribution in [0.25, 0.3) is 33.3 Å². The molecule has 2 aromatic heterocycles. The zero-order chi connectivity index (χ0) is 16.1. The van der Waals surface area contributed by atoms with Gasteiger partial charge in [-0.25, -0.2) is 0 Å². The number of aromatic hydroxyl groups is 2. The van der Waals surface area contributed by atoms with Crippen LogP contribution in [0.4, 0.5) is 0 Å². The van der Waals surface area contributed by atoms with Crippen molar-refractivity contribution >= 4 is 21.9 Å². The Kier molecular flexibility index (Phi) is 2.72. The molecule has 0 aliphatic carbocycles. The van der Waals surface area contributed by atoms with E-state index in [1.807, 2.05) is 0 Å². The van der Waals surface area contributed by atoms with E-state index < -0.39 is 0 Å². The van der Waals surface area contributed by atoms with Crippen LogP contribution >= 0.6 is 0 Å². The van der Waals surface area contributed by atoms with Crippen molar-refractivity contribution in [2.24, 2.45) is 0 Å². The Hall–Kier alpha value is -3.21. The second-order valence-corrected chi connectivity index (χ2v) is 5.39. The third kappa shape index (κ3) is 2.05. The molecule has 4 rings (SSSR count). The van der Waals surface area contributed by atoms with Gasteiger partial charge in [-0.1, -0.05) is 0 Å². The quantitative estimate of drug-likeness (QED) is 0.556. The summed E-state index contributed by atoms with van der Waals surface area (Å²) < 4.78 is 11.3. The van der Waals surface area contributed by atoms with Crippen molar-refractivity contribution in [1.82, 2.24) is 0 Å². The van der Waals surface area contributed by atoms with E-state index in [9.17, 15) is 15.0 Å². The fourth-order valence-corrected chi connectivity index (χ4v) is 2.75. The molecule has 0 radical (unpaired) electrons. The molecule has 0 saturated heterocycles. The summed E-state index contributed by atoms with van der Waals surface area (Å²) in [4.78, 5) is 11.8. The molecule has 0 saturated carbocycles. The van der Waals surface area contributed by atoms with E-state index in [0.29, 0.717) is 33.3 Å².